The molecule has 1 saturated carbocycles. The van der Waals surface area contributed by atoms with Gasteiger partial charge >= 0.3 is 0 Å². The average Bonchev–Trinajstić information content (AvgIpc) is 2.30. The van der Waals surface area contributed by atoms with Gasteiger partial charge in [0.25, 0.3) is 0 Å². The maximum Gasteiger partial charge on any atom is 0.0134 e. The van der Waals surface area contributed by atoms with Crippen molar-refractivity contribution in [2.45, 2.75) is 108 Å². The lowest BCUT2D eigenvalue weighted by molar-refractivity contribution is 0.435. The van der Waals surface area contributed by atoms with Crippen LogP contribution in [0.4, 0.5) is 0 Å². The van der Waals surface area contributed by atoms with Crippen molar-refractivity contribution in [3.05, 3.63) is 0 Å². The smallest absolute Gasteiger partial charge is 0.0134 e. The molecule has 108 valence electrons. The van der Waals surface area contributed by atoms with E-state index in [4.69, 9.17) is 0 Å². The predicted molar refractivity (Wildman–Crippen MR) is 86.5 cm³/mol. The number of rotatable bonds is 7. The van der Waals surface area contributed by atoms with Gasteiger partial charge in [0.05, 0.1) is 0 Å². The van der Waals surface area contributed by atoms with Crippen LogP contribution in [0.15, 0.2) is 0 Å². The van der Waals surface area contributed by atoms with Crippen molar-refractivity contribution in [1.29, 1.82) is 0 Å². The molecule has 1 aliphatic rings. The molecule has 0 bridgehead atoms. The Bertz CT molecular complexity index is 192. The van der Waals surface area contributed by atoms with E-state index in [2.05, 4.69) is 32.5 Å². The standard InChI is InChI=1S/C17H34S/c1-4-5-6-10-13-16(2)18-17(3)14-11-8-7-9-12-15-17/h16H,4-15H2,1-3H3. The summed E-state index contributed by atoms with van der Waals surface area (Å²) in [5.74, 6) is 0. The normalized spacial score (nSPS) is 22.2. The molecule has 0 N–H and O–H groups in total. The van der Waals surface area contributed by atoms with E-state index in [1.54, 1.807) is 0 Å². The van der Waals surface area contributed by atoms with E-state index >= 15 is 0 Å². The van der Waals surface area contributed by atoms with Crippen molar-refractivity contribution in [3.63, 3.8) is 0 Å². The summed E-state index contributed by atoms with van der Waals surface area (Å²) in [5.41, 5.74) is 0. The zero-order chi connectivity index (χ0) is 13.3. The summed E-state index contributed by atoms with van der Waals surface area (Å²) in [5, 5.41) is 0.867. The fourth-order valence-corrected chi connectivity index (χ4v) is 4.95. The topological polar surface area (TPSA) is 0 Å². The van der Waals surface area contributed by atoms with Crippen LogP contribution >= 0.6 is 11.8 Å². The zero-order valence-electron chi connectivity index (χ0n) is 13.0. The molecule has 1 atom stereocenters. The molecule has 0 saturated heterocycles. The van der Waals surface area contributed by atoms with Crippen molar-refractivity contribution >= 4 is 11.8 Å². The lowest BCUT2D eigenvalue weighted by atomic mass is 9.92. The molecule has 0 amide bonds. The van der Waals surface area contributed by atoms with Gasteiger partial charge in [0, 0.05) is 10.00 Å². The molecule has 0 aromatic rings. The van der Waals surface area contributed by atoms with Crippen molar-refractivity contribution in [2.75, 3.05) is 0 Å². The third kappa shape index (κ3) is 7.07. The van der Waals surface area contributed by atoms with Crippen LogP contribution in [-0.2, 0) is 0 Å². The van der Waals surface area contributed by atoms with Gasteiger partial charge in [-0.05, 0) is 19.3 Å². The largest absolute Gasteiger partial charge is 0.152 e. The highest BCUT2D eigenvalue weighted by molar-refractivity contribution is 8.01. The molecule has 18 heavy (non-hydrogen) atoms. The number of thioether (sulfide) groups is 1. The number of hydrogen-bond donors (Lipinski definition) is 0. The summed E-state index contributed by atoms with van der Waals surface area (Å²) in [6.45, 7) is 7.29. The van der Waals surface area contributed by atoms with Crippen LogP contribution in [0.2, 0.25) is 0 Å². The summed E-state index contributed by atoms with van der Waals surface area (Å²) < 4.78 is 0.588. The zero-order valence-corrected chi connectivity index (χ0v) is 13.8. The Hall–Kier alpha value is 0.350. The van der Waals surface area contributed by atoms with Gasteiger partial charge < -0.3 is 0 Å². The van der Waals surface area contributed by atoms with Gasteiger partial charge in [0.15, 0.2) is 0 Å². The first-order chi connectivity index (χ1) is 8.66. The van der Waals surface area contributed by atoms with Crippen molar-refractivity contribution in [3.8, 4) is 0 Å². The maximum absolute atomic E-state index is 2.53. The lowest BCUT2D eigenvalue weighted by Gasteiger charge is -2.33. The average molecular weight is 271 g/mol. The molecule has 1 fully saturated rings. The first-order valence-corrected chi connectivity index (χ1v) is 9.22. The van der Waals surface area contributed by atoms with Crippen LogP contribution in [-0.4, -0.2) is 10.00 Å². The van der Waals surface area contributed by atoms with Gasteiger partial charge in [-0.25, -0.2) is 0 Å². The molecule has 0 heterocycles. The van der Waals surface area contributed by atoms with Crippen LogP contribution in [0.1, 0.15) is 97.8 Å². The molecule has 0 radical (unpaired) electrons. The van der Waals surface area contributed by atoms with Gasteiger partial charge in [0.2, 0.25) is 0 Å². The molecule has 0 nitrogen and oxygen atoms in total. The van der Waals surface area contributed by atoms with E-state index in [1.807, 2.05) is 0 Å². The van der Waals surface area contributed by atoms with E-state index in [1.165, 1.54) is 77.0 Å². The monoisotopic (exact) mass is 270 g/mol. The van der Waals surface area contributed by atoms with Crippen LogP contribution < -0.4 is 0 Å². The van der Waals surface area contributed by atoms with Crippen LogP contribution in [0.5, 0.6) is 0 Å². The molecular formula is C17H34S. The quantitative estimate of drug-likeness (QED) is 0.471. The lowest BCUT2D eigenvalue weighted by Crippen LogP contribution is -2.24. The van der Waals surface area contributed by atoms with E-state index in [0.717, 1.165) is 5.25 Å². The molecular weight excluding hydrogens is 236 g/mol. The van der Waals surface area contributed by atoms with E-state index in [0.29, 0.717) is 4.75 Å². The Morgan fingerprint density at radius 3 is 2.17 bits per heavy atom. The molecule has 0 aliphatic heterocycles. The Labute approximate surface area is 120 Å². The second-order valence-electron chi connectivity index (χ2n) is 6.50. The molecule has 0 aromatic carbocycles. The summed E-state index contributed by atoms with van der Waals surface area (Å²) in [6.07, 6.45) is 17.4. The van der Waals surface area contributed by atoms with E-state index in [-0.39, 0.29) is 0 Å². The fourth-order valence-electron chi connectivity index (χ4n) is 3.17. The van der Waals surface area contributed by atoms with Gasteiger partial charge in [0.1, 0.15) is 0 Å². The second kappa shape index (κ2) is 9.28. The Morgan fingerprint density at radius 2 is 1.56 bits per heavy atom. The van der Waals surface area contributed by atoms with Gasteiger partial charge in [-0.15, -0.1) is 0 Å². The highest BCUT2D eigenvalue weighted by Crippen LogP contribution is 2.41. The minimum Gasteiger partial charge on any atom is -0.152 e. The molecule has 0 spiro atoms. The fraction of sp³-hybridized carbons (Fsp3) is 1.00. The number of hydrogen-bond acceptors (Lipinski definition) is 1. The first kappa shape index (κ1) is 16.4. The minimum absolute atomic E-state index is 0.588. The Morgan fingerprint density at radius 1 is 0.944 bits per heavy atom. The first-order valence-electron chi connectivity index (χ1n) is 8.34. The summed E-state index contributed by atoms with van der Waals surface area (Å²) in [7, 11) is 0. The number of unbranched alkanes of at least 4 members (excludes halogenated alkanes) is 3. The molecule has 0 aromatic heterocycles. The highest BCUT2D eigenvalue weighted by atomic mass is 32.2. The second-order valence-corrected chi connectivity index (χ2v) is 8.52. The molecule has 1 unspecified atom stereocenters. The van der Waals surface area contributed by atoms with Crippen molar-refractivity contribution < 1.29 is 0 Å². The van der Waals surface area contributed by atoms with E-state index < -0.39 is 0 Å². The summed E-state index contributed by atoms with van der Waals surface area (Å²) >= 11 is 2.30. The molecule has 1 heteroatoms. The van der Waals surface area contributed by atoms with Crippen molar-refractivity contribution in [1.82, 2.24) is 0 Å². The Kier molecular flexibility index (Phi) is 8.46. The summed E-state index contributed by atoms with van der Waals surface area (Å²) in [6, 6.07) is 0. The van der Waals surface area contributed by atoms with E-state index in [9.17, 15) is 0 Å². The van der Waals surface area contributed by atoms with Crippen LogP contribution in [0.3, 0.4) is 0 Å². The third-order valence-electron chi connectivity index (χ3n) is 4.36. The van der Waals surface area contributed by atoms with Crippen molar-refractivity contribution in [2.24, 2.45) is 0 Å². The van der Waals surface area contributed by atoms with Gasteiger partial charge in [-0.3, -0.25) is 0 Å². The van der Waals surface area contributed by atoms with Gasteiger partial charge in [-0.2, -0.15) is 11.8 Å². The Balaban J connectivity index is 2.24. The van der Waals surface area contributed by atoms with Gasteiger partial charge in [-0.1, -0.05) is 78.6 Å². The maximum atomic E-state index is 2.53. The summed E-state index contributed by atoms with van der Waals surface area (Å²) in [4.78, 5) is 0. The molecule has 1 aliphatic carbocycles. The van der Waals surface area contributed by atoms with Crippen LogP contribution in [0, 0.1) is 0 Å². The highest BCUT2D eigenvalue weighted by Gasteiger charge is 2.27. The minimum atomic E-state index is 0.588. The van der Waals surface area contributed by atoms with Crippen LogP contribution in [0.25, 0.3) is 0 Å². The predicted octanol–water partition coefficient (Wildman–Crippen LogP) is 6.58. The molecule has 1 rings (SSSR count). The SMILES string of the molecule is CCCCCCC(C)SC1(C)CCCCCCC1. The third-order valence-corrected chi connectivity index (χ3v) is 5.98.